The van der Waals surface area contributed by atoms with E-state index in [-0.39, 0.29) is 11.8 Å². The number of fused-ring (bicyclic) bond motifs is 2. The minimum atomic E-state index is -0.528. The first-order valence-corrected chi connectivity index (χ1v) is 8.40. The van der Waals surface area contributed by atoms with Gasteiger partial charge in [-0.1, -0.05) is 72.8 Å². The van der Waals surface area contributed by atoms with Gasteiger partial charge in [-0.05, 0) is 29.4 Å². The largest absolute Gasteiger partial charge is 0.388 e. The van der Waals surface area contributed by atoms with E-state index in [0.717, 1.165) is 17.5 Å². The summed E-state index contributed by atoms with van der Waals surface area (Å²) in [4.78, 5) is 0. The number of benzene rings is 2. The second-order valence-electron chi connectivity index (χ2n) is 6.81. The highest BCUT2D eigenvalue weighted by atomic mass is 16.3. The number of hydrogen-bond donors (Lipinski definition) is 2. The molecular weight excluding hydrogens is 284 g/mol. The predicted octanol–water partition coefficient (Wildman–Crippen LogP) is 3.89. The molecule has 2 N–H and O–H groups in total. The van der Waals surface area contributed by atoms with Gasteiger partial charge in [0.1, 0.15) is 0 Å². The molecule has 0 heterocycles. The zero-order chi connectivity index (χ0) is 15.8. The normalized spacial score (nSPS) is 31.2. The van der Waals surface area contributed by atoms with E-state index in [1.54, 1.807) is 0 Å². The minimum Gasteiger partial charge on any atom is -0.388 e. The summed E-state index contributed by atoms with van der Waals surface area (Å²) in [5, 5.41) is 21.9. The molecule has 1 saturated carbocycles. The maximum atomic E-state index is 11.0. The first-order chi connectivity index (χ1) is 11.3. The number of aliphatic hydroxyl groups is 2. The third-order valence-corrected chi connectivity index (χ3v) is 5.59. The van der Waals surface area contributed by atoms with Crippen LogP contribution in [0.15, 0.2) is 72.8 Å². The third kappa shape index (κ3) is 2.52. The molecule has 0 amide bonds. The van der Waals surface area contributed by atoms with Crippen LogP contribution in [-0.2, 0) is 0 Å². The highest BCUT2D eigenvalue weighted by molar-refractivity contribution is 5.26. The summed E-state index contributed by atoms with van der Waals surface area (Å²) in [6, 6.07) is 19.7. The van der Waals surface area contributed by atoms with Crippen molar-refractivity contribution in [3.8, 4) is 0 Å². The molecule has 2 aromatic rings. The molecule has 2 aromatic carbocycles. The fourth-order valence-electron chi connectivity index (χ4n) is 4.53. The van der Waals surface area contributed by atoms with Gasteiger partial charge in [0.2, 0.25) is 0 Å². The highest BCUT2D eigenvalue weighted by Crippen LogP contribution is 2.56. The third-order valence-electron chi connectivity index (χ3n) is 5.59. The molecule has 0 spiro atoms. The van der Waals surface area contributed by atoms with Crippen LogP contribution in [0.3, 0.4) is 0 Å². The van der Waals surface area contributed by atoms with Crippen molar-refractivity contribution in [3.05, 3.63) is 83.9 Å². The van der Waals surface area contributed by atoms with Gasteiger partial charge in [0.15, 0.2) is 0 Å². The Balaban J connectivity index is 1.66. The van der Waals surface area contributed by atoms with Crippen molar-refractivity contribution in [2.45, 2.75) is 18.6 Å². The monoisotopic (exact) mass is 306 g/mol. The smallest absolute Gasteiger partial charge is 0.0827 e. The Labute approximate surface area is 137 Å². The van der Waals surface area contributed by atoms with Gasteiger partial charge in [0.25, 0.3) is 0 Å². The topological polar surface area (TPSA) is 40.5 Å². The summed E-state index contributed by atoms with van der Waals surface area (Å²) in [6.45, 7) is 0. The number of aliphatic hydroxyl groups excluding tert-OH is 2. The number of allylic oxidation sites excluding steroid dienone is 2. The summed E-state index contributed by atoms with van der Waals surface area (Å²) >= 11 is 0. The lowest BCUT2D eigenvalue weighted by Gasteiger charge is -2.35. The first-order valence-electron chi connectivity index (χ1n) is 8.40. The second kappa shape index (κ2) is 5.95. The Morgan fingerprint density at radius 1 is 0.652 bits per heavy atom. The van der Waals surface area contributed by atoms with E-state index in [1.165, 1.54) is 0 Å². The van der Waals surface area contributed by atoms with Crippen molar-refractivity contribution in [1.29, 1.82) is 0 Å². The molecule has 0 aliphatic heterocycles. The Morgan fingerprint density at radius 3 is 1.43 bits per heavy atom. The van der Waals surface area contributed by atoms with Gasteiger partial charge >= 0.3 is 0 Å². The van der Waals surface area contributed by atoms with E-state index >= 15 is 0 Å². The first kappa shape index (κ1) is 14.7. The summed E-state index contributed by atoms with van der Waals surface area (Å²) in [6.07, 6.45) is 4.45. The standard InChI is InChI=1S/C21H22O2/c22-20(14-7-3-1-4-8-14)18-16-11-12-17(13-16)19(18)21(23)15-9-5-2-6-10-15/h1-12,16-23H,13H2/t16-,17-,18-,19-,20+,21+/m0/s1. The molecule has 1 fully saturated rings. The van der Waals surface area contributed by atoms with Crippen LogP contribution in [-0.4, -0.2) is 10.2 Å². The van der Waals surface area contributed by atoms with Crippen LogP contribution < -0.4 is 0 Å². The molecule has 2 aliphatic rings. The van der Waals surface area contributed by atoms with Crippen LogP contribution in [0.2, 0.25) is 0 Å². The Kier molecular flexibility index (Phi) is 3.80. The van der Waals surface area contributed by atoms with Gasteiger partial charge in [-0.2, -0.15) is 0 Å². The molecule has 0 radical (unpaired) electrons. The zero-order valence-electron chi connectivity index (χ0n) is 13.0. The fraction of sp³-hybridized carbons (Fsp3) is 0.333. The van der Waals surface area contributed by atoms with Crippen molar-refractivity contribution in [2.75, 3.05) is 0 Å². The van der Waals surface area contributed by atoms with Crippen molar-refractivity contribution in [1.82, 2.24) is 0 Å². The summed E-state index contributed by atoms with van der Waals surface area (Å²) < 4.78 is 0. The predicted molar refractivity (Wildman–Crippen MR) is 90.5 cm³/mol. The molecule has 2 bridgehead atoms. The van der Waals surface area contributed by atoms with Crippen LogP contribution in [0.25, 0.3) is 0 Å². The molecule has 0 saturated heterocycles. The maximum absolute atomic E-state index is 11.0. The lowest BCUT2D eigenvalue weighted by atomic mass is 9.73. The average Bonchev–Trinajstić information content (AvgIpc) is 3.23. The fourth-order valence-corrected chi connectivity index (χ4v) is 4.53. The Morgan fingerprint density at radius 2 is 1.04 bits per heavy atom. The molecule has 2 nitrogen and oxygen atoms in total. The van der Waals surface area contributed by atoms with Crippen LogP contribution in [0.1, 0.15) is 29.8 Å². The van der Waals surface area contributed by atoms with Crippen molar-refractivity contribution >= 4 is 0 Å². The SMILES string of the molecule is O[C@H](c1ccccc1)[C@@H]1[C@@H]([C@H](O)c2ccccc2)[C@H]2C=C[C@H]1C2. The van der Waals surface area contributed by atoms with Crippen molar-refractivity contribution < 1.29 is 10.2 Å². The van der Waals surface area contributed by atoms with E-state index in [4.69, 9.17) is 0 Å². The molecule has 118 valence electrons. The van der Waals surface area contributed by atoms with E-state index in [0.29, 0.717) is 11.8 Å². The molecule has 4 rings (SSSR count). The molecule has 6 atom stereocenters. The molecular formula is C21H22O2. The van der Waals surface area contributed by atoms with Gasteiger partial charge in [-0.15, -0.1) is 0 Å². The second-order valence-corrected chi connectivity index (χ2v) is 6.81. The number of rotatable bonds is 4. The zero-order valence-corrected chi connectivity index (χ0v) is 13.0. The van der Waals surface area contributed by atoms with E-state index in [9.17, 15) is 10.2 Å². The minimum absolute atomic E-state index is 0.0719. The lowest BCUT2D eigenvalue weighted by molar-refractivity contribution is -0.000923. The Hall–Kier alpha value is -1.90. The van der Waals surface area contributed by atoms with Crippen LogP contribution in [0.4, 0.5) is 0 Å². The van der Waals surface area contributed by atoms with Gasteiger partial charge in [0, 0.05) is 11.8 Å². The molecule has 0 aromatic heterocycles. The molecule has 23 heavy (non-hydrogen) atoms. The summed E-state index contributed by atoms with van der Waals surface area (Å²) in [5.74, 6) is 0.863. The lowest BCUT2D eigenvalue weighted by Crippen LogP contribution is -2.30. The molecule has 2 heteroatoms. The van der Waals surface area contributed by atoms with Crippen molar-refractivity contribution in [2.24, 2.45) is 23.7 Å². The average molecular weight is 306 g/mol. The van der Waals surface area contributed by atoms with Gasteiger partial charge < -0.3 is 10.2 Å². The van der Waals surface area contributed by atoms with Crippen molar-refractivity contribution in [3.63, 3.8) is 0 Å². The van der Waals surface area contributed by atoms with E-state index in [1.807, 2.05) is 60.7 Å². The quantitative estimate of drug-likeness (QED) is 0.841. The molecule has 2 aliphatic carbocycles. The van der Waals surface area contributed by atoms with Crippen LogP contribution in [0.5, 0.6) is 0 Å². The summed E-state index contributed by atoms with van der Waals surface area (Å²) in [7, 11) is 0. The maximum Gasteiger partial charge on any atom is 0.0827 e. The van der Waals surface area contributed by atoms with Gasteiger partial charge in [0.05, 0.1) is 12.2 Å². The molecule has 0 unspecified atom stereocenters. The van der Waals surface area contributed by atoms with E-state index < -0.39 is 12.2 Å². The highest BCUT2D eigenvalue weighted by Gasteiger charge is 2.50. The van der Waals surface area contributed by atoms with Gasteiger partial charge in [-0.25, -0.2) is 0 Å². The van der Waals surface area contributed by atoms with Crippen LogP contribution in [0, 0.1) is 23.7 Å². The van der Waals surface area contributed by atoms with E-state index in [2.05, 4.69) is 12.2 Å². The van der Waals surface area contributed by atoms with Gasteiger partial charge in [-0.3, -0.25) is 0 Å². The number of hydrogen-bond acceptors (Lipinski definition) is 2. The van der Waals surface area contributed by atoms with Crippen LogP contribution >= 0.6 is 0 Å². The Bertz CT molecular complexity index is 620. The summed E-state index contributed by atoms with van der Waals surface area (Å²) in [5.41, 5.74) is 1.90.